The van der Waals surface area contributed by atoms with E-state index < -0.39 is 0 Å². The van der Waals surface area contributed by atoms with Crippen molar-refractivity contribution < 1.29 is 13.9 Å². The number of para-hydroxylation sites is 1. The molecule has 0 radical (unpaired) electrons. The first kappa shape index (κ1) is 14.9. The highest BCUT2D eigenvalue weighted by atomic mass is 19.1. The Morgan fingerprint density at radius 1 is 1.33 bits per heavy atom. The Hall–Kier alpha value is -1.13. The molecular weight excluding hydrogens is 233 g/mol. The minimum atomic E-state index is -0.310. The van der Waals surface area contributed by atoms with E-state index in [9.17, 15) is 4.39 Å². The van der Waals surface area contributed by atoms with Gasteiger partial charge in [-0.05, 0) is 19.5 Å². The first-order chi connectivity index (χ1) is 8.70. The largest absolute Gasteiger partial charge is 0.490 e. The fourth-order valence-electron chi connectivity index (χ4n) is 1.81. The predicted molar refractivity (Wildman–Crippen MR) is 70.5 cm³/mol. The van der Waals surface area contributed by atoms with Gasteiger partial charge in [-0.25, -0.2) is 4.39 Å². The van der Waals surface area contributed by atoms with Crippen LogP contribution in [0.25, 0.3) is 0 Å². The molecule has 1 aromatic rings. The van der Waals surface area contributed by atoms with Gasteiger partial charge in [-0.2, -0.15) is 0 Å². The number of nitrogens with one attached hydrogen (secondary N) is 1. The van der Waals surface area contributed by atoms with Crippen LogP contribution in [-0.4, -0.2) is 26.9 Å². The van der Waals surface area contributed by atoms with Gasteiger partial charge in [-0.15, -0.1) is 0 Å². The summed E-state index contributed by atoms with van der Waals surface area (Å²) in [7, 11) is 1.64. The van der Waals surface area contributed by atoms with Crippen LogP contribution in [0.1, 0.15) is 31.9 Å². The molecule has 3 nitrogen and oxygen atoms in total. The van der Waals surface area contributed by atoms with Gasteiger partial charge in [0.2, 0.25) is 0 Å². The summed E-state index contributed by atoms with van der Waals surface area (Å²) in [5.41, 5.74) is 0.856. The van der Waals surface area contributed by atoms with Crippen LogP contribution in [0.3, 0.4) is 0 Å². The van der Waals surface area contributed by atoms with Crippen molar-refractivity contribution in [2.75, 3.05) is 26.9 Å². The lowest BCUT2D eigenvalue weighted by molar-refractivity contribution is 0.170. The Balaban J connectivity index is 2.73. The third-order valence-corrected chi connectivity index (χ3v) is 2.71. The van der Waals surface area contributed by atoms with Gasteiger partial charge in [0, 0.05) is 31.7 Å². The smallest absolute Gasteiger partial charge is 0.165 e. The second-order valence-corrected chi connectivity index (χ2v) is 4.13. The van der Waals surface area contributed by atoms with Crippen LogP contribution >= 0.6 is 0 Å². The molecule has 1 N–H and O–H groups in total. The molecule has 1 rings (SSSR count). The fraction of sp³-hybridized carbons (Fsp3) is 0.571. The highest BCUT2D eigenvalue weighted by Gasteiger charge is 2.14. The van der Waals surface area contributed by atoms with Crippen LogP contribution in [0.4, 0.5) is 4.39 Å². The number of hydrogen-bond donors (Lipinski definition) is 1. The topological polar surface area (TPSA) is 30.5 Å². The third kappa shape index (κ3) is 4.27. The van der Waals surface area contributed by atoms with Crippen LogP contribution in [0.5, 0.6) is 5.75 Å². The predicted octanol–water partition coefficient (Wildman–Crippen LogP) is 2.91. The van der Waals surface area contributed by atoms with E-state index in [4.69, 9.17) is 9.47 Å². The van der Waals surface area contributed by atoms with Gasteiger partial charge >= 0.3 is 0 Å². The molecule has 4 heteroatoms. The molecule has 1 aromatic carbocycles. The minimum Gasteiger partial charge on any atom is -0.490 e. The number of benzene rings is 1. The Bertz CT molecular complexity index is 358. The van der Waals surface area contributed by atoms with Crippen LogP contribution in [0.2, 0.25) is 0 Å². The second-order valence-electron chi connectivity index (χ2n) is 4.13. The van der Waals surface area contributed by atoms with E-state index in [-0.39, 0.29) is 11.9 Å². The van der Waals surface area contributed by atoms with E-state index in [2.05, 4.69) is 5.32 Å². The first-order valence-electron chi connectivity index (χ1n) is 6.34. The molecule has 0 aliphatic rings. The van der Waals surface area contributed by atoms with E-state index in [1.165, 1.54) is 6.07 Å². The van der Waals surface area contributed by atoms with E-state index >= 15 is 0 Å². The summed E-state index contributed by atoms with van der Waals surface area (Å²) < 4.78 is 24.3. The molecule has 0 fully saturated rings. The van der Waals surface area contributed by atoms with Gasteiger partial charge in [0.1, 0.15) is 0 Å². The number of halogens is 1. The maximum absolute atomic E-state index is 13.8. The molecule has 0 aliphatic carbocycles. The second kappa shape index (κ2) is 8.06. The fourth-order valence-corrected chi connectivity index (χ4v) is 1.81. The average molecular weight is 255 g/mol. The third-order valence-electron chi connectivity index (χ3n) is 2.71. The van der Waals surface area contributed by atoms with E-state index in [0.29, 0.717) is 19.0 Å². The first-order valence-corrected chi connectivity index (χ1v) is 6.34. The molecule has 0 saturated carbocycles. The normalized spacial score (nSPS) is 12.4. The van der Waals surface area contributed by atoms with Crippen molar-refractivity contribution in [2.24, 2.45) is 0 Å². The standard InChI is InChI=1S/C14H22FNO2/c1-4-16-11(2)12-7-5-8-13(15)14(12)18-10-6-9-17-3/h5,7-8,11,16H,4,6,9-10H2,1-3H3. The lowest BCUT2D eigenvalue weighted by atomic mass is 10.1. The molecule has 0 heterocycles. The summed E-state index contributed by atoms with van der Waals surface area (Å²) in [6.07, 6.45) is 0.750. The molecule has 0 saturated heterocycles. The summed E-state index contributed by atoms with van der Waals surface area (Å²) in [5.74, 6) is 0.0386. The zero-order chi connectivity index (χ0) is 13.4. The van der Waals surface area contributed by atoms with Crippen molar-refractivity contribution in [1.29, 1.82) is 0 Å². The van der Waals surface area contributed by atoms with Crippen LogP contribution in [0.15, 0.2) is 18.2 Å². The molecule has 1 atom stereocenters. The lowest BCUT2D eigenvalue weighted by Crippen LogP contribution is -2.19. The molecule has 0 aliphatic heterocycles. The minimum absolute atomic E-state index is 0.0723. The summed E-state index contributed by atoms with van der Waals surface area (Å²) in [5, 5.41) is 3.26. The molecule has 0 spiro atoms. The average Bonchev–Trinajstić information content (AvgIpc) is 2.36. The lowest BCUT2D eigenvalue weighted by Gasteiger charge is -2.18. The van der Waals surface area contributed by atoms with Crippen molar-refractivity contribution in [3.63, 3.8) is 0 Å². The molecule has 0 amide bonds. The summed E-state index contributed by atoms with van der Waals surface area (Å²) in [4.78, 5) is 0. The van der Waals surface area contributed by atoms with Gasteiger partial charge in [-0.3, -0.25) is 0 Å². The van der Waals surface area contributed by atoms with Crippen LogP contribution in [0, 0.1) is 5.82 Å². The van der Waals surface area contributed by atoms with Crippen molar-refractivity contribution in [3.05, 3.63) is 29.6 Å². The molecule has 0 bridgehead atoms. The molecule has 0 aromatic heterocycles. The molecule has 1 unspecified atom stereocenters. The Labute approximate surface area is 108 Å². The van der Waals surface area contributed by atoms with Crippen LogP contribution in [-0.2, 0) is 4.74 Å². The highest BCUT2D eigenvalue weighted by Crippen LogP contribution is 2.28. The van der Waals surface area contributed by atoms with Crippen molar-refractivity contribution in [2.45, 2.75) is 26.3 Å². The number of ether oxygens (including phenoxy) is 2. The SMILES string of the molecule is CCNC(C)c1cccc(F)c1OCCCOC. The Kier molecular flexibility index (Phi) is 6.68. The van der Waals surface area contributed by atoms with E-state index in [1.807, 2.05) is 19.9 Å². The molecule has 18 heavy (non-hydrogen) atoms. The zero-order valence-corrected chi connectivity index (χ0v) is 11.3. The molecule has 102 valence electrons. The maximum Gasteiger partial charge on any atom is 0.165 e. The van der Waals surface area contributed by atoms with Gasteiger partial charge in [0.15, 0.2) is 11.6 Å². The highest BCUT2D eigenvalue weighted by molar-refractivity contribution is 5.37. The van der Waals surface area contributed by atoms with Crippen LogP contribution < -0.4 is 10.1 Å². The van der Waals surface area contributed by atoms with Gasteiger partial charge in [-0.1, -0.05) is 19.1 Å². The van der Waals surface area contributed by atoms with E-state index in [0.717, 1.165) is 18.5 Å². The zero-order valence-electron chi connectivity index (χ0n) is 11.3. The Morgan fingerprint density at radius 3 is 2.78 bits per heavy atom. The summed E-state index contributed by atoms with van der Waals surface area (Å²) >= 11 is 0. The molecular formula is C14H22FNO2. The van der Waals surface area contributed by atoms with Gasteiger partial charge < -0.3 is 14.8 Å². The Morgan fingerprint density at radius 2 is 2.11 bits per heavy atom. The summed E-state index contributed by atoms with van der Waals surface area (Å²) in [6, 6.07) is 5.10. The van der Waals surface area contributed by atoms with Gasteiger partial charge in [0.05, 0.1) is 6.61 Å². The quantitative estimate of drug-likeness (QED) is 0.724. The summed E-state index contributed by atoms with van der Waals surface area (Å²) in [6.45, 7) is 5.93. The number of hydrogen-bond acceptors (Lipinski definition) is 3. The van der Waals surface area contributed by atoms with Crippen molar-refractivity contribution in [3.8, 4) is 5.75 Å². The monoisotopic (exact) mass is 255 g/mol. The number of methoxy groups -OCH3 is 1. The number of rotatable bonds is 8. The maximum atomic E-state index is 13.8. The van der Waals surface area contributed by atoms with Crippen molar-refractivity contribution in [1.82, 2.24) is 5.32 Å². The van der Waals surface area contributed by atoms with E-state index in [1.54, 1.807) is 13.2 Å². The van der Waals surface area contributed by atoms with Gasteiger partial charge in [0.25, 0.3) is 0 Å². The van der Waals surface area contributed by atoms with Crippen molar-refractivity contribution >= 4 is 0 Å².